The van der Waals surface area contributed by atoms with Gasteiger partial charge in [0, 0.05) is 5.69 Å². The number of sulfonamides is 1. The van der Waals surface area contributed by atoms with Crippen LogP contribution >= 0.6 is 11.6 Å². The second kappa shape index (κ2) is 8.55. The van der Waals surface area contributed by atoms with Crippen LogP contribution in [0.3, 0.4) is 0 Å². The van der Waals surface area contributed by atoms with E-state index < -0.39 is 32.7 Å². The summed E-state index contributed by atoms with van der Waals surface area (Å²) in [6, 6.07) is 6.51. The van der Waals surface area contributed by atoms with Crippen molar-refractivity contribution in [1.82, 2.24) is 4.72 Å². The highest BCUT2D eigenvalue weighted by atomic mass is 35.5. The fraction of sp³-hybridized carbons (Fsp3) is 0.235. The number of carbonyl (C=O) groups excluding carboxylic acids is 1. The number of anilines is 1. The highest BCUT2D eigenvalue weighted by molar-refractivity contribution is 7.89. The average molecular weight is 417 g/mol. The van der Waals surface area contributed by atoms with Crippen molar-refractivity contribution >= 4 is 33.2 Å². The molecule has 0 aliphatic heterocycles. The molecule has 2 aromatic rings. The van der Waals surface area contributed by atoms with Gasteiger partial charge in [-0.1, -0.05) is 11.6 Å². The van der Waals surface area contributed by atoms with Crippen molar-refractivity contribution in [1.29, 1.82) is 0 Å². The molecular weight excluding hydrogens is 399 g/mol. The number of hydrogen-bond donors (Lipinski definition) is 2. The predicted octanol–water partition coefficient (Wildman–Crippen LogP) is 2.80. The molecule has 0 radical (unpaired) electrons. The van der Waals surface area contributed by atoms with Gasteiger partial charge in [0.15, 0.2) is 0 Å². The van der Waals surface area contributed by atoms with Gasteiger partial charge in [-0.25, -0.2) is 12.8 Å². The molecule has 27 heavy (non-hydrogen) atoms. The Morgan fingerprint density at radius 1 is 1.11 bits per heavy atom. The highest BCUT2D eigenvalue weighted by Gasteiger charge is 2.25. The third-order valence-electron chi connectivity index (χ3n) is 3.56. The molecule has 0 aliphatic rings. The predicted molar refractivity (Wildman–Crippen MR) is 99.4 cm³/mol. The van der Waals surface area contributed by atoms with Crippen molar-refractivity contribution in [2.75, 3.05) is 19.5 Å². The topological polar surface area (TPSA) is 93.7 Å². The van der Waals surface area contributed by atoms with Crippen molar-refractivity contribution in [2.24, 2.45) is 0 Å². The van der Waals surface area contributed by atoms with Crippen LogP contribution in [-0.2, 0) is 14.8 Å². The maximum absolute atomic E-state index is 13.4. The van der Waals surface area contributed by atoms with E-state index in [0.29, 0.717) is 11.4 Å². The lowest BCUT2D eigenvalue weighted by atomic mass is 10.2. The van der Waals surface area contributed by atoms with Crippen LogP contribution in [0.15, 0.2) is 41.3 Å². The lowest BCUT2D eigenvalue weighted by Gasteiger charge is -2.16. The maximum Gasteiger partial charge on any atom is 0.245 e. The van der Waals surface area contributed by atoms with E-state index in [9.17, 15) is 17.6 Å². The van der Waals surface area contributed by atoms with E-state index in [1.165, 1.54) is 33.3 Å². The number of methoxy groups -OCH3 is 2. The Labute approximate surface area is 161 Å². The van der Waals surface area contributed by atoms with Crippen LogP contribution in [0, 0.1) is 5.82 Å². The summed E-state index contributed by atoms with van der Waals surface area (Å²) in [5.41, 5.74) is 0.361. The molecule has 0 heterocycles. The molecule has 0 fully saturated rings. The Balaban J connectivity index is 2.16. The zero-order valence-corrected chi connectivity index (χ0v) is 16.3. The van der Waals surface area contributed by atoms with Crippen LogP contribution in [0.25, 0.3) is 0 Å². The van der Waals surface area contributed by atoms with Gasteiger partial charge in [0.05, 0.1) is 25.3 Å². The van der Waals surface area contributed by atoms with Crippen LogP contribution in [0.4, 0.5) is 10.1 Å². The molecule has 146 valence electrons. The normalized spacial score (nSPS) is 12.3. The summed E-state index contributed by atoms with van der Waals surface area (Å²) >= 11 is 5.99. The molecule has 1 atom stereocenters. The lowest BCUT2D eigenvalue weighted by Crippen LogP contribution is -2.41. The molecule has 2 rings (SSSR count). The smallest absolute Gasteiger partial charge is 0.245 e. The van der Waals surface area contributed by atoms with Crippen LogP contribution in [0.1, 0.15) is 6.92 Å². The minimum atomic E-state index is -4.20. The van der Waals surface area contributed by atoms with E-state index in [1.807, 2.05) is 0 Å². The summed E-state index contributed by atoms with van der Waals surface area (Å²) in [5.74, 6) is -0.989. The number of rotatable bonds is 7. The molecular formula is C17H18ClFN2O5S. The quantitative estimate of drug-likeness (QED) is 0.723. The summed E-state index contributed by atoms with van der Waals surface area (Å²) in [6.07, 6.45) is 0. The highest BCUT2D eigenvalue weighted by Crippen LogP contribution is 2.27. The van der Waals surface area contributed by atoms with Gasteiger partial charge >= 0.3 is 0 Å². The zero-order valence-electron chi connectivity index (χ0n) is 14.7. The number of halogens is 2. The van der Waals surface area contributed by atoms with E-state index in [1.54, 1.807) is 12.1 Å². The minimum Gasteiger partial charge on any atom is -0.495 e. The van der Waals surface area contributed by atoms with Crippen molar-refractivity contribution in [3.63, 3.8) is 0 Å². The number of nitrogens with one attached hydrogen (secondary N) is 2. The van der Waals surface area contributed by atoms with Gasteiger partial charge in [-0.3, -0.25) is 4.79 Å². The number of benzene rings is 2. The minimum absolute atomic E-state index is 0.0431. The largest absolute Gasteiger partial charge is 0.495 e. The molecule has 0 aromatic heterocycles. The van der Waals surface area contributed by atoms with Crippen LogP contribution < -0.4 is 19.5 Å². The average Bonchev–Trinajstić information content (AvgIpc) is 2.61. The van der Waals surface area contributed by atoms with E-state index in [-0.39, 0.29) is 10.8 Å². The number of ether oxygens (including phenoxy) is 2. The molecule has 1 unspecified atom stereocenters. The summed E-state index contributed by atoms with van der Waals surface area (Å²) in [4.78, 5) is 11.9. The van der Waals surface area contributed by atoms with Gasteiger partial charge < -0.3 is 14.8 Å². The Kier molecular flexibility index (Phi) is 6.63. The molecule has 2 aromatic carbocycles. The Hall–Kier alpha value is -2.36. The Morgan fingerprint density at radius 3 is 2.33 bits per heavy atom. The van der Waals surface area contributed by atoms with Crippen LogP contribution in [0.2, 0.25) is 5.02 Å². The van der Waals surface area contributed by atoms with Gasteiger partial charge in [-0.05, 0) is 43.3 Å². The van der Waals surface area contributed by atoms with Gasteiger partial charge in [0.2, 0.25) is 15.9 Å². The summed E-state index contributed by atoms with van der Waals surface area (Å²) in [5, 5.41) is 2.82. The van der Waals surface area contributed by atoms with E-state index >= 15 is 0 Å². The van der Waals surface area contributed by atoms with Gasteiger partial charge in [-0.2, -0.15) is 4.72 Å². The number of hydrogen-bond acceptors (Lipinski definition) is 5. The van der Waals surface area contributed by atoms with Crippen molar-refractivity contribution in [2.45, 2.75) is 17.9 Å². The van der Waals surface area contributed by atoms with Gasteiger partial charge in [0.25, 0.3) is 0 Å². The SMILES string of the molecule is COc1ccc(NC(=O)C(C)NS(=O)(=O)c2cc(F)ccc2OC)cc1Cl. The Bertz CT molecular complexity index is 952. The van der Waals surface area contributed by atoms with E-state index in [2.05, 4.69) is 10.0 Å². The lowest BCUT2D eigenvalue weighted by molar-refractivity contribution is -0.117. The third-order valence-corrected chi connectivity index (χ3v) is 5.42. The fourth-order valence-corrected chi connectivity index (χ4v) is 3.85. The second-order valence-electron chi connectivity index (χ2n) is 5.48. The monoisotopic (exact) mass is 416 g/mol. The summed E-state index contributed by atoms with van der Waals surface area (Å²) < 4.78 is 50.6. The second-order valence-corrected chi connectivity index (χ2v) is 7.57. The third kappa shape index (κ3) is 5.09. The van der Waals surface area contributed by atoms with E-state index in [0.717, 1.165) is 12.1 Å². The first-order valence-corrected chi connectivity index (χ1v) is 9.54. The van der Waals surface area contributed by atoms with Crippen molar-refractivity contribution < 1.29 is 27.1 Å². The zero-order chi connectivity index (χ0) is 20.2. The Morgan fingerprint density at radius 2 is 1.74 bits per heavy atom. The molecule has 10 heteroatoms. The fourth-order valence-electron chi connectivity index (χ4n) is 2.20. The standard InChI is InChI=1S/C17H18ClFN2O5S/c1-10(17(22)20-12-5-7-14(25-2)13(18)9-12)21-27(23,24)16-8-11(19)4-6-15(16)26-3/h4-10,21H,1-3H3,(H,20,22). The summed E-state index contributed by atoms with van der Waals surface area (Å²) in [6.45, 7) is 1.35. The molecule has 1 amide bonds. The summed E-state index contributed by atoms with van der Waals surface area (Å²) in [7, 11) is -1.49. The molecule has 0 spiro atoms. The molecule has 2 N–H and O–H groups in total. The first-order valence-electron chi connectivity index (χ1n) is 7.68. The molecule has 7 nitrogen and oxygen atoms in total. The van der Waals surface area contributed by atoms with Crippen molar-refractivity contribution in [3.8, 4) is 11.5 Å². The van der Waals surface area contributed by atoms with Crippen molar-refractivity contribution in [3.05, 3.63) is 47.2 Å². The molecule has 0 aliphatic carbocycles. The first kappa shape index (κ1) is 20.9. The molecule has 0 saturated heterocycles. The number of amides is 1. The molecule has 0 saturated carbocycles. The van der Waals surface area contributed by atoms with Gasteiger partial charge in [0.1, 0.15) is 22.2 Å². The van der Waals surface area contributed by atoms with Gasteiger partial charge in [-0.15, -0.1) is 0 Å². The number of carbonyl (C=O) groups is 1. The molecule has 0 bridgehead atoms. The van der Waals surface area contributed by atoms with Crippen LogP contribution in [0.5, 0.6) is 11.5 Å². The van der Waals surface area contributed by atoms with E-state index in [4.69, 9.17) is 21.1 Å². The first-order chi connectivity index (χ1) is 12.7. The maximum atomic E-state index is 13.4. The van der Waals surface area contributed by atoms with Crippen LogP contribution in [-0.4, -0.2) is 34.6 Å².